The van der Waals surface area contributed by atoms with Gasteiger partial charge in [-0.05, 0) is 58.9 Å². The molecule has 0 aliphatic heterocycles. The summed E-state index contributed by atoms with van der Waals surface area (Å²) in [6, 6.07) is 5.87. The molecule has 2 N–H and O–H groups in total. The van der Waals surface area contributed by atoms with Gasteiger partial charge in [0.1, 0.15) is 0 Å². The number of nitrogens with one attached hydrogen (secondary N) is 2. The maximum absolute atomic E-state index is 12.1. The molecule has 0 bridgehead atoms. The Bertz CT molecular complexity index is 898. The number of ether oxygens (including phenoxy) is 1. The first-order valence-corrected chi connectivity index (χ1v) is 8.97. The van der Waals surface area contributed by atoms with Crippen molar-refractivity contribution in [2.45, 2.75) is 40.2 Å². The molecule has 0 saturated carbocycles. The Hall–Kier alpha value is -2.87. The zero-order valence-corrected chi connectivity index (χ0v) is 17.2. The number of carbonyl (C=O) groups excluding carboxylic acids is 3. The van der Waals surface area contributed by atoms with Crippen LogP contribution in [-0.4, -0.2) is 39.8 Å². The van der Waals surface area contributed by atoms with Crippen LogP contribution in [0.1, 0.15) is 42.5 Å². The van der Waals surface area contributed by atoms with E-state index in [0.717, 1.165) is 11.4 Å². The van der Waals surface area contributed by atoms with Gasteiger partial charge in [0.25, 0.3) is 5.91 Å². The van der Waals surface area contributed by atoms with Gasteiger partial charge in [0.15, 0.2) is 6.61 Å². The molecule has 8 nitrogen and oxygen atoms in total. The number of rotatable bonds is 4. The molecule has 9 heteroatoms. The monoisotopic (exact) mass is 406 g/mol. The Morgan fingerprint density at radius 1 is 1.14 bits per heavy atom. The van der Waals surface area contributed by atoms with Crippen molar-refractivity contribution in [3.05, 3.63) is 46.2 Å². The summed E-state index contributed by atoms with van der Waals surface area (Å²) in [6.07, 6.45) is 0. The highest BCUT2D eigenvalue weighted by Gasteiger charge is 2.17. The molecule has 2 aromatic rings. The minimum Gasteiger partial charge on any atom is -0.452 e. The van der Waals surface area contributed by atoms with Crippen LogP contribution in [0.4, 0.5) is 4.79 Å². The number of urea groups is 1. The molecule has 0 saturated heterocycles. The van der Waals surface area contributed by atoms with Gasteiger partial charge in [-0.1, -0.05) is 11.6 Å². The number of halogens is 1. The Balaban J connectivity index is 1.93. The van der Waals surface area contributed by atoms with Crippen molar-refractivity contribution in [1.82, 2.24) is 20.4 Å². The normalized spacial score (nSPS) is 11.1. The first-order chi connectivity index (χ1) is 13.0. The van der Waals surface area contributed by atoms with Gasteiger partial charge in [-0.2, -0.15) is 5.10 Å². The van der Waals surface area contributed by atoms with E-state index in [-0.39, 0.29) is 5.56 Å². The Kier molecular flexibility index (Phi) is 6.45. The fraction of sp³-hybridized carbons (Fsp3) is 0.368. The standard InChI is InChI=1S/C19H23ClN4O4/c1-11-16(20)12(2)24(23-11)14-8-6-13(7-9-14)17(26)28-10-15(25)21-18(27)22-19(3,4)5/h6-9H,10H2,1-5H3,(H2,21,22,25,27). The third-order valence-electron chi connectivity index (χ3n) is 3.63. The summed E-state index contributed by atoms with van der Waals surface area (Å²) in [5, 5.41) is 9.60. The molecule has 28 heavy (non-hydrogen) atoms. The lowest BCUT2D eigenvalue weighted by molar-refractivity contribution is -0.123. The van der Waals surface area contributed by atoms with Gasteiger partial charge in [0.2, 0.25) is 0 Å². The molecule has 1 aromatic carbocycles. The van der Waals surface area contributed by atoms with Gasteiger partial charge < -0.3 is 10.1 Å². The van der Waals surface area contributed by atoms with Gasteiger partial charge in [0.05, 0.1) is 27.7 Å². The largest absolute Gasteiger partial charge is 0.452 e. The van der Waals surface area contributed by atoms with Crippen LogP contribution >= 0.6 is 11.6 Å². The summed E-state index contributed by atoms with van der Waals surface area (Å²) < 4.78 is 6.61. The second-order valence-corrected chi connectivity index (χ2v) is 7.65. The lowest BCUT2D eigenvalue weighted by Gasteiger charge is -2.20. The number of amides is 3. The van der Waals surface area contributed by atoms with Crippen LogP contribution in [0.3, 0.4) is 0 Å². The number of imide groups is 1. The third-order valence-corrected chi connectivity index (χ3v) is 4.17. The van der Waals surface area contributed by atoms with Crippen molar-refractivity contribution in [2.24, 2.45) is 0 Å². The molecule has 0 fully saturated rings. The molecule has 1 aromatic heterocycles. The van der Waals surface area contributed by atoms with Crippen LogP contribution in [0.25, 0.3) is 5.69 Å². The lowest BCUT2D eigenvalue weighted by atomic mass is 10.1. The first kappa shape index (κ1) is 21.4. The highest BCUT2D eigenvalue weighted by atomic mass is 35.5. The zero-order valence-electron chi connectivity index (χ0n) is 16.4. The lowest BCUT2D eigenvalue weighted by Crippen LogP contribution is -2.49. The maximum Gasteiger partial charge on any atom is 0.338 e. The Labute approximate surface area is 168 Å². The van der Waals surface area contributed by atoms with E-state index in [1.165, 1.54) is 0 Å². The predicted octanol–water partition coefficient (Wildman–Crippen LogP) is 2.92. The number of carbonyl (C=O) groups is 3. The van der Waals surface area contributed by atoms with Gasteiger partial charge in [-0.15, -0.1) is 0 Å². The van der Waals surface area contributed by atoms with Crippen molar-refractivity contribution in [2.75, 3.05) is 6.61 Å². The molecular formula is C19H23ClN4O4. The summed E-state index contributed by atoms with van der Waals surface area (Å²) in [4.78, 5) is 35.4. The Morgan fingerprint density at radius 3 is 2.25 bits per heavy atom. The highest BCUT2D eigenvalue weighted by molar-refractivity contribution is 6.31. The number of nitrogens with zero attached hydrogens (tertiary/aromatic N) is 2. The van der Waals surface area contributed by atoms with Gasteiger partial charge in [0, 0.05) is 5.54 Å². The molecule has 0 radical (unpaired) electrons. The highest BCUT2D eigenvalue weighted by Crippen LogP contribution is 2.22. The van der Waals surface area contributed by atoms with E-state index in [4.69, 9.17) is 16.3 Å². The smallest absolute Gasteiger partial charge is 0.338 e. The average molecular weight is 407 g/mol. The minimum absolute atomic E-state index is 0.267. The number of benzene rings is 1. The topological polar surface area (TPSA) is 102 Å². The van der Waals surface area contributed by atoms with Crippen LogP contribution in [0.15, 0.2) is 24.3 Å². The fourth-order valence-electron chi connectivity index (χ4n) is 2.36. The SMILES string of the molecule is Cc1nn(-c2ccc(C(=O)OCC(=O)NC(=O)NC(C)(C)C)cc2)c(C)c1Cl. The maximum atomic E-state index is 12.1. The summed E-state index contributed by atoms with van der Waals surface area (Å²) in [5.41, 5.74) is 2.02. The molecule has 1 heterocycles. The summed E-state index contributed by atoms with van der Waals surface area (Å²) in [7, 11) is 0. The van der Waals surface area contributed by atoms with Crippen molar-refractivity contribution >= 4 is 29.5 Å². The summed E-state index contributed by atoms with van der Waals surface area (Å²) in [6.45, 7) is 8.43. The first-order valence-electron chi connectivity index (χ1n) is 8.59. The van der Waals surface area contributed by atoms with Gasteiger partial charge >= 0.3 is 12.0 Å². The fourth-order valence-corrected chi connectivity index (χ4v) is 2.48. The molecular weight excluding hydrogens is 384 g/mol. The number of esters is 1. The van der Waals surface area contributed by atoms with Crippen LogP contribution in [0, 0.1) is 13.8 Å². The molecule has 0 atom stereocenters. The van der Waals surface area contributed by atoms with Crippen LogP contribution in [0.5, 0.6) is 0 Å². The predicted molar refractivity (Wildman–Crippen MR) is 105 cm³/mol. The molecule has 2 rings (SSSR count). The quantitative estimate of drug-likeness (QED) is 0.760. The van der Waals surface area contributed by atoms with E-state index in [1.54, 1.807) is 49.7 Å². The Morgan fingerprint density at radius 2 is 1.75 bits per heavy atom. The van der Waals surface area contributed by atoms with E-state index in [0.29, 0.717) is 10.7 Å². The number of aryl methyl sites for hydroxylation is 1. The number of aromatic nitrogens is 2. The summed E-state index contributed by atoms with van der Waals surface area (Å²) in [5.74, 6) is -1.40. The molecule has 0 unspecified atom stereocenters. The van der Waals surface area contributed by atoms with E-state index in [9.17, 15) is 14.4 Å². The number of hydrogen-bond donors (Lipinski definition) is 2. The van der Waals surface area contributed by atoms with Crippen molar-refractivity contribution in [3.8, 4) is 5.69 Å². The molecule has 3 amide bonds. The van der Waals surface area contributed by atoms with Gasteiger partial charge in [-0.3, -0.25) is 10.1 Å². The van der Waals surface area contributed by atoms with Crippen LogP contribution < -0.4 is 10.6 Å². The van der Waals surface area contributed by atoms with Crippen LogP contribution in [0.2, 0.25) is 5.02 Å². The second-order valence-electron chi connectivity index (χ2n) is 7.27. The zero-order chi connectivity index (χ0) is 21.1. The van der Waals surface area contributed by atoms with E-state index < -0.39 is 30.1 Å². The van der Waals surface area contributed by atoms with Crippen molar-refractivity contribution in [3.63, 3.8) is 0 Å². The van der Waals surface area contributed by atoms with Crippen LogP contribution in [-0.2, 0) is 9.53 Å². The average Bonchev–Trinajstić information content (AvgIpc) is 2.85. The molecule has 150 valence electrons. The van der Waals surface area contributed by atoms with Gasteiger partial charge in [-0.25, -0.2) is 14.3 Å². The second kappa shape index (κ2) is 8.43. The molecule has 0 aliphatic carbocycles. The molecule has 0 spiro atoms. The van der Waals surface area contributed by atoms with E-state index in [1.807, 2.05) is 13.8 Å². The van der Waals surface area contributed by atoms with Crippen molar-refractivity contribution < 1.29 is 19.1 Å². The number of hydrogen-bond acceptors (Lipinski definition) is 5. The minimum atomic E-state index is -0.719. The molecule has 0 aliphatic rings. The van der Waals surface area contributed by atoms with E-state index >= 15 is 0 Å². The van der Waals surface area contributed by atoms with E-state index in [2.05, 4.69) is 15.7 Å². The third kappa shape index (κ3) is 5.56. The summed E-state index contributed by atoms with van der Waals surface area (Å²) >= 11 is 6.15. The van der Waals surface area contributed by atoms with Crippen molar-refractivity contribution in [1.29, 1.82) is 0 Å².